The number of hydrogen-bond acceptors (Lipinski definition) is 1. The van der Waals surface area contributed by atoms with E-state index in [-0.39, 0.29) is 0 Å². The van der Waals surface area contributed by atoms with Crippen LogP contribution < -0.4 is 0 Å². The van der Waals surface area contributed by atoms with Crippen LogP contribution >= 0.6 is 27.7 Å². The lowest BCUT2D eigenvalue weighted by Gasteiger charge is -2.04. The van der Waals surface area contributed by atoms with Crippen molar-refractivity contribution in [3.05, 3.63) is 0 Å². The Balaban J connectivity index is 2.85. The molecule has 0 bridgehead atoms. The standard InChI is InChI=1S/C12H25BrS/c1-12(2)14-11-9-7-5-3-4-6-8-10-13/h12H,3-11H2,1-2H3. The minimum atomic E-state index is 0.814. The fourth-order valence-electron chi connectivity index (χ4n) is 1.40. The fraction of sp³-hybridized carbons (Fsp3) is 1.00. The molecule has 0 aromatic rings. The van der Waals surface area contributed by atoms with Crippen LogP contribution in [0.15, 0.2) is 0 Å². The maximum absolute atomic E-state index is 3.46. The van der Waals surface area contributed by atoms with Gasteiger partial charge in [-0.15, -0.1) is 0 Å². The highest BCUT2D eigenvalue weighted by Crippen LogP contribution is 2.14. The molecule has 0 saturated carbocycles. The van der Waals surface area contributed by atoms with Gasteiger partial charge in [0.25, 0.3) is 0 Å². The minimum absolute atomic E-state index is 0.814. The fourth-order valence-corrected chi connectivity index (χ4v) is 2.64. The van der Waals surface area contributed by atoms with Crippen LogP contribution in [0.2, 0.25) is 0 Å². The summed E-state index contributed by atoms with van der Waals surface area (Å²) in [5, 5.41) is 1.99. The van der Waals surface area contributed by atoms with Crippen molar-refractivity contribution >= 4 is 27.7 Å². The van der Waals surface area contributed by atoms with E-state index < -0.39 is 0 Å². The Labute approximate surface area is 103 Å². The van der Waals surface area contributed by atoms with Crippen molar-refractivity contribution in [2.24, 2.45) is 0 Å². The second-order valence-corrected chi connectivity index (χ2v) is 6.56. The van der Waals surface area contributed by atoms with E-state index >= 15 is 0 Å². The summed E-state index contributed by atoms with van der Waals surface area (Å²) in [6, 6.07) is 0. The zero-order valence-electron chi connectivity index (χ0n) is 9.73. The molecule has 0 aromatic carbocycles. The Morgan fingerprint density at radius 3 is 1.86 bits per heavy atom. The van der Waals surface area contributed by atoms with Gasteiger partial charge in [0.1, 0.15) is 0 Å². The van der Waals surface area contributed by atoms with E-state index in [1.54, 1.807) is 0 Å². The molecule has 0 fully saturated rings. The first-order valence-electron chi connectivity index (χ1n) is 5.95. The van der Waals surface area contributed by atoms with E-state index in [2.05, 4.69) is 41.5 Å². The molecule has 0 unspecified atom stereocenters. The molecule has 2 heteroatoms. The van der Waals surface area contributed by atoms with Crippen molar-refractivity contribution in [2.75, 3.05) is 11.1 Å². The van der Waals surface area contributed by atoms with Gasteiger partial charge in [-0.1, -0.05) is 61.9 Å². The van der Waals surface area contributed by atoms with Gasteiger partial charge in [0.2, 0.25) is 0 Å². The molecule has 0 amide bonds. The molecule has 0 heterocycles. The molecule has 0 saturated heterocycles. The first kappa shape index (κ1) is 14.8. The minimum Gasteiger partial charge on any atom is -0.159 e. The summed E-state index contributed by atoms with van der Waals surface area (Å²) in [6.07, 6.45) is 9.94. The lowest BCUT2D eigenvalue weighted by atomic mass is 10.1. The third-order valence-electron chi connectivity index (χ3n) is 2.23. The third kappa shape index (κ3) is 12.8. The number of alkyl halides is 1. The smallest absolute Gasteiger partial charge is 0.00313 e. The predicted molar refractivity (Wildman–Crippen MR) is 73.7 cm³/mol. The van der Waals surface area contributed by atoms with E-state index in [4.69, 9.17) is 0 Å². The Morgan fingerprint density at radius 1 is 0.857 bits per heavy atom. The summed E-state index contributed by atoms with van der Waals surface area (Å²) in [5.74, 6) is 1.36. The van der Waals surface area contributed by atoms with E-state index in [0.29, 0.717) is 0 Å². The van der Waals surface area contributed by atoms with Crippen LogP contribution in [0.5, 0.6) is 0 Å². The Bertz CT molecular complexity index is 104. The quantitative estimate of drug-likeness (QED) is 0.389. The van der Waals surface area contributed by atoms with E-state index in [1.807, 2.05) is 0 Å². The normalized spacial score (nSPS) is 11.1. The summed E-state index contributed by atoms with van der Waals surface area (Å²) in [4.78, 5) is 0. The molecule has 0 nitrogen and oxygen atoms in total. The van der Waals surface area contributed by atoms with Crippen LogP contribution in [0.3, 0.4) is 0 Å². The van der Waals surface area contributed by atoms with Gasteiger partial charge in [-0.2, -0.15) is 11.8 Å². The highest BCUT2D eigenvalue weighted by atomic mass is 79.9. The summed E-state index contributed by atoms with van der Waals surface area (Å²) in [5.41, 5.74) is 0. The first-order valence-corrected chi connectivity index (χ1v) is 8.12. The van der Waals surface area contributed by atoms with Gasteiger partial charge in [0.15, 0.2) is 0 Å². The summed E-state index contributed by atoms with van der Waals surface area (Å²) >= 11 is 5.56. The second-order valence-electron chi connectivity index (χ2n) is 4.08. The molecule has 0 radical (unpaired) electrons. The topological polar surface area (TPSA) is 0 Å². The largest absolute Gasteiger partial charge is 0.159 e. The molecule has 0 aromatic heterocycles. The first-order chi connectivity index (χ1) is 6.77. The van der Waals surface area contributed by atoms with Crippen LogP contribution in [0.25, 0.3) is 0 Å². The molecule has 0 rings (SSSR count). The maximum atomic E-state index is 3.46. The molecule has 86 valence electrons. The van der Waals surface area contributed by atoms with Gasteiger partial charge >= 0.3 is 0 Å². The Hall–Kier alpha value is 0.830. The van der Waals surface area contributed by atoms with Gasteiger partial charge in [0.05, 0.1) is 0 Å². The van der Waals surface area contributed by atoms with E-state index in [9.17, 15) is 0 Å². The highest BCUT2D eigenvalue weighted by molar-refractivity contribution is 9.09. The highest BCUT2D eigenvalue weighted by Gasteiger charge is 1.94. The van der Waals surface area contributed by atoms with Crippen molar-refractivity contribution < 1.29 is 0 Å². The zero-order chi connectivity index (χ0) is 10.6. The average molecular weight is 281 g/mol. The lowest BCUT2D eigenvalue weighted by Crippen LogP contribution is -1.90. The maximum Gasteiger partial charge on any atom is 0.00313 e. The monoisotopic (exact) mass is 280 g/mol. The van der Waals surface area contributed by atoms with Crippen LogP contribution in [0.4, 0.5) is 0 Å². The average Bonchev–Trinajstić information content (AvgIpc) is 2.15. The molecule has 0 aliphatic rings. The molecular formula is C12H25BrS. The summed E-state index contributed by atoms with van der Waals surface area (Å²) in [6.45, 7) is 4.57. The number of halogens is 1. The number of rotatable bonds is 10. The zero-order valence-corrected chi connectivity index (χ0v) is 12.1. The van der Waals surface area contributed by atoms with Crippen molar-refractivity contribution in [3.63, 3.8) is 0 Å². The van der Waals surface area contributed by atoms with Gasteiger partial charge < -0.3 is 0 Å². The van der Waals surface area contributed by atoms with E-state index in [1.165, 1.54) is 56.0 Å². The molecular weight excluding hydrogens is 256 g/mol. The Morgan fingerprint density at radius 2 is 1.36 bits per heavy atom. The molecule has 0 N–H and O–H groups in total. The van der Waals surface area contributed by atoms with Crippen molar-refractivity contribution in [2.45, 2.75) is 64.0 Å². The van der Waals surface area contributed by atoms with Crippen LogP contribution in [0.1, 0.15) is 58.8 Å². The van der Waals surface area contributed by atoms with E-state index in [0.717, 1.165) is 5.25 Å². The summed E-state index contributed by atoms with van der Waals surface area (Å²) < 4.78 is 0. The van der Waals surface area contributed by atoms with Crippen LogP contribution in [-0.4, -0.2) is 16.3 Å². The molecule has 0 aliphatic heterocycles. The van der Waals surface area contributed by atoms with Gasteiger partial charge in [-0.25, -0.2) is 0 Å². The molecule has 0 spiro atoms. The molecule has 0 aliphatic carbocycles. The SMILES string of the molecule is CC(C)SCCCCCCCCCBr. The van der Waals surface area contributed by atoms with Gasteiger partial charge in [-0.05, 0) is 23.8 Å². The number of thioether (sulfide) groups is 1. The number of unbranched alkanes of at least 4 members (excludes halogenated alkanes) is 6. The van der Waals surface area contributed by atoms with Crippen molar-refractivity contribution in [1.29, 1.82) is 0 Å². The van der Waals surface area contributed by atoms with Gasteiger partial charge in [-0.3, -0.25) is 0 Å². The van der Waals surface area contributed by atoms with Gasteiger partial charge in [0, 0.05) is 5.33 Å². The van der Waals surface area contributed by atoms with Crippen molar-refractivity contribution in [1.82, 2.24) is 0 Å². The summed E-state index contributed by atoms with van der Waals surface area (Å²) in [7, 11) is 0. The van der Waals surface area contributed by atoms with Crippen LogP contribution in [0, 0.1) is 0 Å². The molecule has 0 atom stereocenters. The van der Waals surface area contributed by atoms with Crippen molar-refractivity contribution in [3.8, 4) is 0 Å². The lowest BCUT2D eigenvalue weighted by molar-refractivity contribution is 0.606. The second kappa shape index (κ2) is 11.9. The third-order valence-corrected chi connectivity index (χ3v) is 3.98. The Kier molecular flexibility index (Phi) is 12.6. The van der Waals surface area contributed by atoms with Crippen LogP contribution in [-0.2, 0) is 0 Å². The molecule has 14 heavy (non-hydrogen) atoms. The number of hydrogen-bond donors (Lipinski definition) is 0. The predicted octanol–water partition coefficient (Wildman–Crippen LogP) is 5.25.